The molecule has 3 aromatic heterocycles. The van der Waals surface area contributed by atoms with Crippen molar-refractivity contribution in [2.24, 2.45) is 7.05 Å². The number of amides is 1. The highest BCUT2D eigenvalue weighted by Crippen LogP contribution is 2.44. The lowest BCUT2D eigenvalue weighted by Gasteiger charge is -2.12. The van der Waals surface area contributed by atoms with Crippen molar-refractivity contribution < 1.29 is 18.3 Å². The minimum Gasteiger partial charge on any atom is -0.424 e. The van der Waals surface area contributed by atoms with E-state index in [2.05, 4.69) is 32.9 Å². The number of carbonyl (C=O) groups excluding carboxylic acids is 1. The van der Waals surface area contributed by atoms with Gasteiger partial charge in [0.05, 0.1) is 34.1 Å². The zero-order valence-corrected chi connectivity index (χ0v) is 21.4. The van der Waals surface area contributed by atoms with E-state index in [1.807, 2.05) is 0 Å². The molecule has 0 aliphatic rings. The number of hydrogen-bond acceptors (Lipinski definition) is 7. The van der Waals surface area contributed by atoms with Gasteiger partial charge >= 0.3 is 6.01 Å². The first-order valence-electron chi connectivity index (χ1n) is 11.9. The third-order valence-electron chi connectivity index (χ3n) is 6.29. The van der Waals surface area contributed by atoms with Crippen molar-refractivity contribution in [1.29, 1.82) is 5.26 Å². The molecule has 5 rings (SSSR count). The Morgan fingerprint density at radius 1 is 1.15 bits per heavy atom. The molecule has 1 amide bonds. The van der Waals surface area contributed by atoms with Gasteiger partial charge in [-0.25, -0.2) is 18.7 Å². The van der Waals surface area contributed by atoms with Crippen LogP contribution in [0.15, 0.2) is 67.5 Å². The Kier molecular flexibility index (Phi) is 6.67. The van der Waals surface area contributed by atoms with Crippen molar-refractivity contribution in [2.75, 3.05) is 11.1 Å². The highest BCUT2D eigenvalue weighted by atomic mass is 19.1. The van der Waals surface area contributed by atoms with Gasteiger partial charge in [0.2, 0.25) is 5.91 Å². The van der Waals surface area contributed by atoms with Gasteiger partial charge in [-0.3, -0.25) is 4.79 Å². The van der Waals surface area contributed by atoms with Gasteiger partial charge in [-0.2, -0.15) is 10.2 Å². The second-order valence-corrected chi connectivity index (χ2v) is 8.78. The molecule has 9 nitrogen and oxygen atoms in total. The Hall–Kier alpha value is -5.63. The summed E-state index contributed by atoms with van der Waals surface area (Å²) < 4.78 is 36.5. The molecular weight excluding hydrogens is 516 g/mol. The number of nitriles is 1. The molecule has 2 aromatic carbocycles. The zero-order valence-electron chi connectivity index (χ0n) is 21.4. The molecule has 11 heteroatoms. The number of fused-ring (bicyclic) bond motifs is 1. The molecule has 198 valence electrons. The molecule has 0 atom stereocenters. The number of ether oxygens (including phenoxy) is 1. The lowest BCUT2D eigenvalue weighted by Crippen LogP contribution is -2.07. The summed E-state index contributed by atoms with van der Waals surface area (Å²) in [5, 5.41) is 12.8. The summed E-state index contributed by atoms with van der Waals surface area (Å²) in [6.45, 7) is 4.90. The maximum Gasteiger partial charge on any atom is 0.322 e. The van der Waals surface area contributed by atoms with Crippen molar-refractivity contribution in [3.63, 3.8) is 0 Å². The molecular formula is C29H21F2N7O2. The Labute approximate surface area is 227 Å². The molecule has 3 heterocycles. The van der Waals surface area contributed by atoms with Crippen molar-refractivity contribution in [3.05, 3.63) is 90.4 Å². The summed E-state index contributed by atoms with van der Waals surface area (Å²) in [6.07, 6.45) is 3.49. The van der Waals surface area contributed by atoms with Gasteiger partial charge in [0.25, 0.3) is 0 Å². The van der Waals surface area contributed by atoms with Crippen LogP contribution in [0.5, 0.6) is 11.8 Å². The van der Waals surface area contributed by atoms with Crippen LogP contribution >= 0.6 is 0 Å². The van der Waals surface area contributed by atoms with E-state index in [9.17, 15) is 14.4 Å². The molecule has 0 aliphatic carbocycles. The Morgan fingerprint density at radius 2 is 1.90 bits per heavy atom. The monoisotopic (exact) mass is 537 g/mol. The topological polar surface area (TPSA) is 132 Å². The van der Waals surface area contributed by atoms with Crippen LogP contribution in [0.4, 0.5) is 20.3 Å². The lowest BCUT2D eigenvalue weighted by molar-refractivity contribution is -0.111. The van der Waals surface area contributed by atoms with E-state index in [4.69, 9.17) is 10.5 Å². The second kappa shape index (κ2) is 10.3. The number of hydrogen-bond donors (Lipinski definition) is 2. The quantitative estimate of drug-likeness (QED) is 0.267. The van der Waals surface area contributed by atoms with E-state index in [-0.39, 0.29) is 34.3 Å². The van der Waals surface area contributed by atoms with E-state index in [1.165, 1.54) is 25.3 Å². The molecule has 0 unspecified atom stereocenters. The predicted octanol–water partition coefficient (Wildman–Crippen LogP) is 5.65. The van der Waals surface area contributed by atoms with Gasteiger partial charge in [0, 0.05) is 30.1 Å². The minimum absolute atomic E-state index is 0.0182. The predicted molar refractivity (Wildman–Crippen MR) is 146 cm³/mol. The number of benzene rings is 2. The number of anilines is 2. The third-order valence-corrected chi connectivity index (χ3v) is 6.29. The van der Waals surface area contributed by atoms with Crippen LogP contribution in [0.2, 0.25) is 0 Å². The van der Waals surface area contributed by atoms with E-state index in [0.29, 0.717) is 33.5 Å². The van der Waals surface area contributed by atoms with Crippen molar-refractivity contribution >= 4 is 28.3 Å². The summed E-state index contributed by atoms with van der Waals surface area (Å²) in [5.41, 5.74) is 9.30. The SMILES string of the molecule is C=CC(=O)Nc1ccc(-c2c(-c3ccc(Oc4ncc(F)c(C)n4)cc3)c3c(N)ncc(C#N)c3n2C)c(F)c1. The van der Waals surface area contributed by atoms with Crippen LogP contribution in [-0.2, 0) is 11.8 Å². The number of carbonyl (C=O) groups is 1. The summed E-state index contributed by atoms with van der Waals surface area (Å²) in [4.78, 5) is 23.7. The number of pyridine rings is 1. The number of aryl methyl sites for hydroxylation is 2. The Bertz CT molecular complexity index is 1860. The second-order valence-electron chi connectivity index (χ2n) is 8.78. The van der Waals surface area contributed by atoms with Gasteiger partial charge in [-0.15, -0.1) is 0 Å². The highest BCUT2D eigenvalue weighted by Gasteiger charge is 2.25. The van der Waals surface area contributed by atoms with E-state index < -0.39 is 17.5 Å². The summed E-state index contributed by atoms with van der Waals surface area (Å²) in [6, 6.07) is 13.2. The van der Waals surface area contributed by atoms with Crippen LogP contribution in [-0.4, -0.2) is 25.4 Å². The average molecular weight is 538 g/mol. The molecule has 0 bridgehead atoms. The van der Waals surface area contributed by atoms with Gasteiger partial charge in [-0.1, -0.05) is 18.7 Å². The fraction of sp³-hybridized carbons (Fsp3) is 0.0690. The van der Waals surface area contributed by atoms with Crippen LogP contribution in [0, 0.1) is 29.9 Å². The minimum atomic E-state index is -0.608. The van der Waals surface area contributed by atoms with Gasteiger partial charge in [-0.05, 0) is 48.9 Å². The Morgan fingerprint density at radius 3 is 2.55 bits per heavy atom. The van der Waals surface area contributed by atoms with Gasteiger partial charge in [0.15, 0.2) is 5.82 Å². The van der Waals surface area contributed by atoms with Crippen LogP contribution in [0.25, 0.3) is 33.3 Å². The van der Waals surface area contributed by atoms with Crippen LogP contribution < -0.4 is 15.8 Å². The molecule has 0 radical (unpaired) electrons. The van der Waals surface area contributed by atoms with E-state index in [1.54, 1.807) is 41.9 Å². The lowest BCUT2D eigenvalue weighted by atomic mass is 9.97. The molecule has 0 saturated heterocycles. The third kappa shape index (κ3) is 4.58. The molecule has 40 heavy (non-hydrogen) atoms. The smallest absolute Gasteiger partial charge is 0.322 e. The van der Waals surface area contributed by atoms with Crippen LogP contribution in [0.3, 0.4) is 0 Å². The van der Waals surface area contributed by atoms with Crippen molar-refractivity contribution in [3.8, 4) is 40.2 Å². The van der Waals surface area contributed by atoms with Gasteiger partial charge < -0.3 is 20.4 Å². The fourth-order valence-corrected chi connectivity index (χ4v) is 4.44. The standard InChI is InChI=1S/C29H21F2N7O2/c1-4-23(39)37-18-7-10-20(21(30)11-18)27-24(25-26(38(27)3)17(12-32)13-34-28(25)33)16-5-8-19(9-6-16)40-29-35-14-22(31)15(2)36-29/h4-11,13-14H,1H2,2-3H3,(H2,33,34)(H,37,39). The maximum absolute atomic E-state index is 15.6. The zero-order chi connectivity index (χ0) is 28.6. The number of nitrogens with zero attached hydrogens (tertiary/aromatic N) is 5. The number of nitrogens with one attached hydrogen (secondary N) is 1. The number of rotatable bonds is 6. The van der Waals surface area contributed by atoms with Gasteiger partial charge in [0.1, 0.15) is 23.5 Å². The largest absolute Gasteiger partial charge is 0.424 e. The number of halogens is 2. The number of aromatic nitrogens is 4. The normalized spacial score (nSPS) is 10.8. The Balaban J connectivity index is 1.67. The number of nitrogens with two attached hydrogens (primary N) is 1. The first kappa shape index (κ1) is 26.0. The first-order chi connectivity index (χ1) is 19.2. The van der Waals surface area contributed by atoms with E-state index in [0.717, 1.165) is 12.3 Å². The molecule has 0 saturated carbocycles. The maximum atomic E-state index is 15.6. The van der Waals surface area contributed by atoms with Crippen LogP contribution in [0.1, 0.15) is 11.3 Å². The highest BCUT2D eigenvalue weighted by molar-refractivity contribution is 6.11. The summed E-state index contributed by atoms with van der Waals surface area (Å²) in [7, 11) is 1.71. The fourth-order valence-electron chi connectivity index (χ4n) is 4.44. The van der Waals surface area contributed by atoms with Crippen molar-refractivity contribution in [1.82, 2.24) is 19.5 Å². The average Bonchev–Trinajstić information content (AvgIpc) is 3.25. The molecule has 0 fully saturated rings. The molecule has 5 aromatic rings. The molecule has 0 aliphatic heterocycles. The van der Waals surface area contributed by atoms with E-state index >= 15 is 4.39 Å². The molecule has 3 N–H and O–H groups in total. The van der Waals surface area contributed by atoms with Crippen molar-refractivity contribution in [2.45, 2.75) is 6.92 Å². The number of nitrogen functional groups attached to an aromatic ring is 1. The summed E-state index contributed by atoms with van der Waals surface area (Å²) in [5.74, 6) is -1.08. The first-order valence-corrected chi connectivity index (χ1v) is 11.9. The summed E-state index contributed by atoms with van der Waals surface area (Å²) >= 11 is 0. The molecule has 0 spiro atoms.